The fourth-order valence-electron chi connectivity index (χ4n) is 3.35. The second kappa shape index (κ2) is 7.99. The van der Waals surface area contributed by atoms with Gasteiger partial charge in [-0.15, -0.1) is 0 Å². The zero-order valence-corrected chi connectivity index (χ0v) is 15.9. The number of nitrogens with one attached hydrogen (secondary N) is 2. The van der Waals surface area contributed by atoms with Crippen molar-refractivity contribution in [3.63, 3.8) is 0 Å². The van der Waals surface area contributed by atoms with Crippen molar-refractivity contribution >= 4 is 17.8 Å². The SMILES string of the molecule is COC(=O)c1ccc([C@@H]2NC(=O)N[C@@](O)(C(F)(F)F)[C@H]2C(=O)c2ccc(F)cc2)cc1. The Labute approximate surface area is 173 Å². The standard InChI is InChI=1S/C20H16F4N2O5/c1-31-17(28)12-4-2-10(3-5-12)15-14(16(27)11-6-8-13(21)9-7-11)19(30,20(22,23)24)26-18(29)25-15/h2-9,14-15,30H,1H3,(H2,25,26,29)/t14-,15+,19+/m1/s1. The number of Topliss-reactive ketones (excluding diaryl/α,β-unsaturated/α-hetero) is 1. The van der Waals surface area contributed by atoms with E-state index in [1.54, 1.807) is 0 Å². The van der Waals surface area contributed by atoms with Crippen molar-refractivity contribution in [1.82, 2.24) is 10.6 Å². The molecule has 31 heavy (non-hydrogen) atoms. The molecule has 164 valence electrons. The highest BCUT2D eigenvalue weighted by atomic mass is 19.4. The lowest BCUT2D eigenvalue weighted by molar-refractivity contribution is -0.287. The number of urea groups is 1. The van der Waals surface area contributed by atoms with E-state index in [2.05, 4.69) is 10.1 Å². The van der Waals surface area contributed by atoms with E-state index < -0.39 is 47.5 Å². The van der Waals surface area contributed by atoms with Gasteiger partial charge in [0.05, 0.1) is 18.7 Å². The van der Waals surface area contributed by atoms with Crippen LogP contribution < -0.4 is 10.6 Å². The van der Waals surface area contributed by atoms with Gasteiger partial charge >= 0.3 is 18.2 Å². The quantitative estimate of drug-likeness (QED) is 0.385. The zero-order chi connectivity index (χ0) is 23.0. The first-order valence-corrected chi connectivity index (χ1v) is 8.84. The number of rotatable bonds is 4. The topological polar surface area (TPSA) is 105 Å². The number of ether oxygens (including phenoxy) is 1. The van der Waals surface area contributed by atoms with Crippen LogP contribution in [0.25, 0.3) is 0 Å². The molecule has 0 unspecified atom stereocenters. The highest BCUT2D eigenvalue weighted by Crippen LogP contribution is 2.44. The summed E-state index contributed by atoms with van der Waals surface area (Å²) in [6.07, 6.45) is -5.42. The van der Waals surface area contributed by atoms with Crippen LogP contribution in [0.2, 0.25) is 0 Å². The molecule has 0 spiro atoms. The summed E-state index contributed by atoms with van der Waals surface area (Å²) < 4.78 is 59.2. The fraction of sp³-hybridized carbons (Fsp3) is 0.250. The number of amides is 2. The van der Waals surface area contributed by atoms with Gasteiger partial charge in [0.15, 0.2) is 5.78 Å². The molecule has 1 heterocycles. The van der Waals surface area contributed by atoms with Gasteiger partial charge in [-0.25, -0.2) is 14.0 Å². The highest BCUT2D eigenvalue weighted by molar-refractivity contribution is 6.00. The molecule has 1 aliphatic heterocycles. The summed E-state index contributed by atoms with van der Waals surface area (Å²) >= 11 is 0. The molecule has 1 saturated heterocycles. The second-order valence-corrected chi connectivity index (χ2v) is 6.80. The summed E-state index contributed by atoms with van der Waals surface area (Å²) in [6, 6.07) is 5.67. The Balaban J connectivity index is 2.12. The van der Waals surface area contributed by atoms with Crippen molar-refractivity contribution in [3.05, 3.63) is 71.0 Å². The van der Waals surface area contributed by atoms with Crippen LogP contribution in [0.5, 0.6) is 0 Å². The molecule has 2 aromatic carbocycles. The molecule has 7 nitrogen and oxygen atoms in total. The monoisotopic (exact) mass is 440 g/mol. The van der Waals surface area contributed by atoms with E-state index in [-0.39, 0.29) is 16.7 Å². The Morgan fingerprint density at radius 2 is 1.58 bits per heavy atom. The number of carbonyl (C=O) groups is 3. The third-order valence-corrected chi connectivity index (χ3v) is 4.91. The Hall–Kier alpha value is -3.47. The van der Waals surface area contributed by atoms with E-state index in [9.17, 15) is 37.1 Å². The zero-order valence-electron chi connectivity index (χ0n) is 15.9. The van der Waals surface area contributed by atoms with Crippen molar-refractivity contribution in [2.24, 2.45) is 5.92 Å². The molecule has 3 atom stereocenters. The van der Waals surface area contributed by atoms with E-state index in [0.29, 0.717) is 0 Å². The smallest absolute Gasteiger partial charge is 0.437 e. The third kappa shape index (κ3) is 4.08. The van der Waals surface area contributed by atoms with Crippen LogP contribution in [-0.2, 0) is 4.74 Å². The first-order chi connectivity index (χ1) is 14.5. The van der Waals surface area contributed by atoms with Crippen molar-refractivity contribution in [3.8, 4) is 0 Å². The molecule has 0 bridgehead atoms. The van der Waals surface area contributed by atoms with E-state index in [4.69, 9.17) is 0 Å². The maximum absolute atomic E-state index is 13.8. The summed E-state index contributed by atoms with van der Waals surface area (Å²) in [4.78, 5) is 36.6. The number of benzene rings is 2. The van der Waals surface area contributed by atoms with E-state index in [1.807, 2.05) is 0 Å². The molecular formula is C20H16F4N2O5. The molecule has 3 N–H and O–H groups in total. The molecule has 3 rings (SSSR count). The largest absolute Gasteiger partial charge is 0.465 e. The maximum Gasteiger partial charge on any atom is 0.437 e. The number of esters is 1. The Morgan fingerprint density at radius 1 is 1.03 bits per heavy atom. The summed E-state index contributed by atoms with van der Waals surface area (Å²) in [5, 5.41) is 14.1. The van der Waals surface area contributed by atoms with Crippen LogP contribution in [0.3, 0.4) is 0 Å². The average Bonchev–Trinajstić information content (AvgIpc) is 2.72. The van der Waals surface area contributed by atoms with Gasteiger partial charge in [-0.05, 0) is 42.0 Å². The lowest BCUT2D eigenvalue weighted by atomic mass is 9.77. The Bertz CT molecular complexity index is 1010. The van der Waals surface area contributed by atoms with Gasteiger partial charge in [0, 0.05) is 5.56 Å². The molecule has 0 aromatic heterocycles. The van der Waals surface area contributed by atoms with Gasteiger partial charge < -0.3 is 20.5 Å². The normalized spacial score (nSPS) is 23.5. The Morgan fingerprint density at radius 3 is 2.10 bits per heavy atom. The molecule has 0 aliphatic carbocycles. The number of methoxy groups -OCH3 is 1. The molecular weight excluding hydrogens is 424 g/mol. The third-order valence-electron chi connectivity index (χ3n) is 4.91. The Kier molecular flexibility index (Phi) is 5.72. The number of hydrogen-bond donors (Lipinski definition) is 3. The van der Waals surface area contributed by atoms with Crippen molar-refractivity contribution < 1.29 is 41.8 Å². The minimum Gasteiger partial charge on any atom is -0.465 e. The van der Waals surface area contributed by atoms with Gasteiger partial charge in [0.25, 0.3) is 0 Å². The number of alkyl halides is 3. The summed E-state index contributed by atoms with van der Waals surface area (Å²) in [5.41, 5.74) is -4.11. The maximum atomic E-state index is 13.8. The summed E-state index contributed by atoms with van der Waals surface area (Å²) in [6.45, 7) is 0. The molecule has 11 heteroatoms. The van der Waals surface area contributed by atoms with Crippen LogP contribution >= 0.6 is 0 Å². The van der Waals surface area contributed by atoms with Gasteiger partial charge in [0.2, 0.25) is 5.72 Å². The molecule has 2 aromatic rings. The number of ketones is 1. The molecule has 2 amide bonds. The van der Waals surface area contributed by atoms with Crippen LogP contribution in [0.1, 0.15) is 32.3 Å². The molecule has 1 aliphatic rings. The molecule has 0 saturated carbocycles. The van der Waals surface area contributed by atoms with Crippen LogP contribution in [0, 0.1) is 11.7 Å². The number of halogens is 4. The van der Waals surface area contributed by atoms with Crippen molar-refractivity contribution in [1.29, 1.82) is 0 Å². The number of hydrogen-bond acceptors (Lipinski definition) is 5. The summed E-state index contributed by atoms with van der Waals surface area (Å²) in [5.74, 6) is -4.87. The van der Waals surface area contributed by atoms with Gasteiger partial charge in [0.1, 0.15) is 11.7 Å². The fourth-order valence-corrected chi connectivity index (χ4v) is 3.35. The lowest BCUT2D eigenvalue weighted by Crippen LogP contribution is -2.72. The van der Waals surface area contributed by atoms with Gasteiger partial charge in [-0.2, -0.15) is 13.2 Å². The van der Waals surface area contributed by atoms with E-state index in [1.165, 1.54) is 29.6 Å². The van der Waals surface area contributed by atoms with Crippen LogP contribution in [-0.4, -0.2) is 41.9 Å². The first kappa shape index (κ1) is 22.2. The second-order valence-electron chi connectivity index (χ2n) is 6.80. The van der Waals surface area contributed by atoms with Crippen molar-refractivity contribution in [2.45, 2.75) is 17.9 Å². The minimum atomic E-state index is -5.42. The van der Waals surface area contributed by atoms with Gasteiger partial charge in [-0.3, -0.25) is 4.79 Å². The summed E-state index contributed by atoms with van der Waals surface area (Å²) in [7, 11) is 1.14. The van der Waals surface area contributed by atoms with Crippen LogP contribution in [0.15, 0.2) is 48.5 Å². The van der Waals surface area contributed by atoms with Crippen molar-refractivity contribution in [2.75, 3.05) is 7.11 Å². The predicted octanol–water partition coefficient (Wildman–Crippen LogP) is 2.72. The van der Waals surface area contributed by atoms with Gasteiger partial charge in [-0.1, -0.05) is 12.1 Å². The number of aliphatic hydroxyl groups is 1. The number of carbonyl (C=O) groups excluding carboxylic acids is 3. The molecule has 1 fully saturated rings. The van der Waals surface area contributed by atoms with Crippen LogP contribution in [0.4, 0.5) is 22.4 Å². The predicted molar refractivity (Wildman–Crippen MR) is 97.4 cm³/mol. The van der Waals surface area contributed by atoms with E-state index >= 15 is 0 Å². The highest BCUT2D eigenvalue weighted by Gasteiger charge is 2.66. The lowest BCUT2D eigenvalue weighted by Gasteiger charge is -2.45. The minimum absolute atomic E-state index is 0.0191. The first-order valence-electron chi connectivity index (χ1n) is 8.84. The molecule has 0 radical (unpaired) electrons. The average molecular weight is 440 g/mol. The van der Waals surface area contributed by atoms with E-state index in [0.717, 1.165) is 31.4 Å².